The van der Waals surface area contributed by atoms with Crippen LogP contribution in [-0.4, -0.2) is 20.7 Å². The van der Waals surface area contributed by atoms with Gasteiger partial charge in [0.1, 0.15) is 16.3 Å². The van der Waals surface area contributed by atoms with Crippen molar-refractivity contribution in [2.75, 3.05) is 0 Å². The van der Waals surface area contributed by atoms with Crippen LogP contribution in [0, 0.1) is 6.92 Å². The smallest absolute Gasteiger partial charge is 0.347 e. The molecule has 1 aliphatic rings. The van der Waals surface area contributed by atoms with E-state index in [1.54, 1.807) is 13.0 Å². The van der Waals surface area contributed by atoms with Crippen LogP contribution in [0.15, 0.2) is 32.0 Å². The molecule has 1 atom stereocenters. The zero-order valence-corrected chi connectivity index (χ0v) is 14.5. The van der Waals surface area contributed by atoms with E-state index in [2.05, 4.69) is 26.0 Å². The first-order chi connectivity index (χ1) is 11.3. The van der Waals surface area contributed by atoms with Gasteiger partial charge in [-0.2, -0.15) is 5.10 Å². The fourth-order valence-corrected chi connectivity index (χ4v) is 3.30. The lowest BCUT2D eigenvalue weighted by Gasteiger charge is -2.07. The van der Waals surface area contributed by atoms with Crippen LogP contribution < -0.4 is 5.63 Å². The summed E-state index contributed by atoms with van der Waals surface area (Å²) in [4.78, 5) is 16.6. The van der Waals surface area contributed by atoms with Crippen LogP contribution in [-0.2, 0) is 0 Å². The average molecular weight is 417 g/mol. The Balaban J connectivity index is 1.94. The summed E-state index contributed by atoms with van der Waals surface area (Å²) in [5.41, 5.74) is 0.690. The van der Waals surface area contributed by atoms with E-state index in [9.17, 15) is 13.6 Å². The lowest BCUT2D eigenvalue weighted by Crippen LogP contribution is -2.09. The van der Waals surface area contributed by atoms with Crippen LogP contribution in [0.5, 0.6) is 0 Å². The van der Waals surface area contributed by atoms with Crippen molar-refractivity contribution in [3.05, 3.63) is 43.8 Å². The van der Waals surface area contributed by atoms with Gasteiger partial charge in [0, 0.05) is 17.5 Å². The number of hydrogen-bond acceptors (Lipinski definition) is 4. The van der Waals surface area contributed by atoms with Gasteiger partial charge in [0.05, 0.1) is 10.9 Å². The Labute approximate surface area is 147 Å². The molecule has 1 fully saturated rings. The first-order valence-electron chi connectivity index (χ1n) is 7.00. The van der Waals surface area contributed by atoms with Crippen molar-refractivity contribution in [2.45, 2.75) is 25.3 Å². The van der Waals surface area contributed by atoms with E-state index < -0.39 is 17.6 Å². The Morgan fingerprint density at radius 2 is 2.12 bits per heavy atom. The van der Waals surface area contributed by atoms with Crippen molar-refractivity contribution in [1.82, 2.24) is 14.8 Å². The monoisotopic (exact) mass is 415 g/mol. The van der Waals surface area contributed by atoms with E-state index in [4.69, 9.17) is 16.0 Å². The number of halogens is 4. The van der Waals surface area contributed by atoms with E-state index in [1.165, 1.54) is 12.1 Å². The van der Waals surface area contributed by atoms with E-state index >= 15 is 0 Å². The summed E-state index contributed by atoms with van der Waals surface area (Å²) in [6.45, 7) is 1.76. The number of aryl methyl sites for hydroxylation is 1. The summed E-state index contributed by atoms with van der Waals surface area (Å²) in [7, 11) is 0. The normalized spacial score (nSPS) is 19.0. The first kappa shape index (κ1) is 15.7. The number of aromatic nitrogens is 3. The van der Waals surface area contributed by atoms with Gasteiger partial charge in [0.25, 0.3) is 5.92 Å². The van der Waals surface area contributed by atoms with Gasteiger partial charge in [0.15, 0.2) is 0 Å². The van der Waals surface area contributed by atoms with E-state index in [0.29, 0.717) is 20.7 Å². The third-order valence-corrected chi connectivity index (χ3v) is 4.51. The Kier molecular flexibility index (Phi) is 3.34. The van der Waals surface area contributed by atoms with Crippen molar-refractivity contribution in [2.24, 2.45) is 0 Å². The van der Waals surface area contributed by atoms with E-state index in [0.717, 1.165) is 4.68 Å². The van der Waals surface area contributed by atoms with Crippen LogP contribution in [0.4, 0.5) is 8.78 Å². The van der Waals surface area contributed by atoms with Crippen molar-refractivity contribution in [3.63, 3.8) is 0 Å². The molecule has 24 heavy (non-hydrogen) atoms. The molecule has 3 aromatic rings. The number of benzene rings is 1. The first-order valence-corrected chi connectivity index (χ1v) is 8.17. The average Bonchev–Trinajstić information content (AvgIpc) is 2.94. The van der Waals surface area contributed by atoms with Crippen molar-refractivity contribution < 1.29 is 13.2 Å². The molecule has 9 heteroatoms. The molecule has 4 rings (SSSR count). The van der Waals surface area contributed by atoms with Gasteiger partial charge in [-0.1, -0.05) is 11.6 Å². The highest BCUT2D eigenvalue weighted by molar-refractivity contribution is 9.10. The molecule has 0 amide bonds. The third kappa shape index (κ3) is 2.44. The Bertz CT molecular complexity index is 1050. The highest BCUT2D eigenvalue weighted by Gasteiger charge is 2.59. The van der Waals surface area contributed by atoms with E-state index in [1.807, 2.05) is 0 Å². The number of rotatable bonds is 2. The van der Waals surface area contributed by atoms with Gasteiger partial charge >= 0.3 is 5.63 Å². The molecule has 2 heterocycles. The lowest BCUT2D eigenvalue weighted by molar-refractivity contribution is 0.0985. The van der Waals surface area contributed by atoms with Crippen molar-refractivity contribution in [1.29, 1.82) is 0 Å². The molecule has 0 N–H and O–H groups in total. The second kappa shape index (κ2) is 5.10. The number of hydrogen-bond donors (Lipinski definition) is 0. The van der Waals surface area contributed by atoms with Gasteiger partial charge in [-0.15, -0.1) is 0 Å². The maximum atomic E-state index is 13.4. The van der Waals surface area contributed by atoms with Crippen LogP contribution in [0.1, 0.15) is 18.0 Å². The molecule has 0 bridgehead atoms. The summed E-state index contributed by atoms with van der Waals surface area (Å²) in [6.07, 6.45) is -0.305. The second-order valence-electron chi connectivity index (χ2n) is 5.70. The molecule has 5 nitrogen and oxygen atoms in total. The standard InChI is InChI=1S/C15H9BrClF2N3O2/c1-6-2-7(17)3-8-12(6)20-13(24-14(8)23)9-4-11(16)21-22(9)10-5-15(10,18)19/h2-4,10H,5H2,1H3. The Hall–Kier alpha value is -1.80. The zero-order valence-electron chi connectivity index (χ0n) is 12.2. The van der Waals surface area contributed by atoms with Crippen LogP contribution in [0.2, 0.25) is 5.02 Å². The molecule has 0 aliphatic heterocycles. The number of alkyl halides is 2. The maximum Gasteiger partial charge on any atom is 0.347 e. The van der Waals surface area contributed by atoms with Gasteiger partial charge in [-0.3, -0.25) is 0 Å². The summed E-state index contributed by atoms with van der Waals surface area (Å²) < 4.78 is 33.6. The molecular formula is C15H9BrClF2N3O2. The van der Waals surface area contributed by atoms with Gasteiger partial charge in [-0.05, 0) is 40.5 Å². The lowest BCUT2D eigenvalue weighted by atomic mass is 10.1. The molecule has 0 saturated heterocycles. The van der Waals surface area contributed by atoms with Crippen molar-refractivity contribution >= 4 is 38.4 Å². The molecule has 0 radical (unpaired) electrons. The minimum Gasteiger partial charge on any atom is -0.401 e. The van der Waals surface area contributed by atoms with Gasteiger partial charge in [0.2, 0.25) is 5.89 Å². The van der Waals surface area contributed by atoms with Gasteiger partial charge in [-0.25, -0.2) is 23.2 Å². The van der Waals surface area contributed by atoms with E-state index in [-0.39, 0.29) is 23.4 Å². The second-order valence-corrected chi connectivity index (χ2v) is 6.95. The molecule has 1 saturated carbocycles. The van der Waals surface area contributed by atoms with Crippen LogP contribution in [0.3, 0.4) is 0 Å². The zero-order chi connectivity index (χ0) is 17.2. The summed E-state index contributed by atoms with van der Waals surface area (Å²) >= 11 is 9.11. The van der Waals surface area contributed by atoms with Crippen LogP contribution in [0.25, 0.3) is 22.5 Å². The van der Waals surface area contributed by atoms with Crippen molar-refractivity contribution in [3.8, 4) is 11.6 Å². The minimum absolute atomic E-state index is 0.0566. The summed E-state index contributed by atoms with van der Waals surface area (Å²) in [6, 6.07) is 3.57. The van der Waals surface area contributed by atoms with Gasteiger partial charge < -0.3 is 4.42 Å². The predicted octanol–water partition coefficient (Wildman–Crippen LogP) is 4.36. The SMILES string of the molecule is Cc1cc(Cl)cc2c(=O)oc(-c3cc(Br)nn3C3CC3(F)F)nc12. The Morgan fingerprint density at radius 3 is 2.79 bits per heavy atom. The number of nitrogens with zero attached hydrogens (tertiary/aromatic N) is 3. The fourth-order valence-electron chi connectivity index (χ4n) is 2.64. The molecule has 2 aromatic heterocycles. The highest BCUT2D eigenvalue weighted by atomic mass is 79.9. The molecule has 1 aromatic carbocycles. The van der Waals surface area contributed by atoms with Crippen LogP contribution >= 0.6 is 27.5 Å². The minimum atomic E-state index is -2.82. The number of fused-ring (bicyclic) bond motifs is 1. The molecule has 1 aliphatic carbocycles. The molecule has 1 unspecified atom stereocenters. The highest BCUT2D eigenvalue weighted by Crippen LogP contribution is 2.53. The predicted molar refractivity (Wildman–Crippen MR) is 87.5 cm³/mol. The summed E-state index contributed by atoms with van der Waals surface area (Å²) in [5, 5.41) is 4.66. The molecular weight excluding hydrogens is 408 g/mol. The molecule has 0 spiro atoms. The third-order valence-electron chi connectivity index (χ3n) is 3.90. The Morgan fingerprint density at radius 1 is 1.42 bits per heavy atom. The fraction of sp³-hybridized carbons (Fsp3) is 0.267. The maximum absolute atomic E-state index is 13.4. The summed E-state index contributed by atoms with van der Waals surface area (Å²) in [5.74, 6) is -2.88. The quantitative estimate of drug-likeness (QED) is 0.623. The largest absolute Gasteiger partial charge is 0.401 e. The topological polar surface area (TPSA) is 60.9 Å². The molecule has 124 valence electrons.